The van der Waals surface area contributed by atoms with Crippen LogP contribution >= 0.6 is 0 Å². The minimum absolute atomic E-state index is 0.154. The number of hydrogen-bond acceptors (Lipinski definition) is 4. The molecule has 21 heavy (non-hydrogen) atoms. The molecule has 0 aliphatic rings. The summed E-state index contributed by atoms with van der Waals surface area (Å²) in [6.45, 7) is 4.08. The third kappa shape index (κ3) is 4.83. The molecule has 1 N–H and O–H groups in total. The fourth-order valence-corrected chi connectivity index (χ4v) is 3.45. The Morgan fingerprint density at radius 3 is 2.38 bits per heavy atom. The van der Waals surface area contributed by atoms with Gasteiger partial charge in [0.25, 0.3) is 0 Å². The lowest BCUT2D eigenvalue weighted by Crippen LogP contribution is -2.39. The molecule has 0 fully saturated rings. The first kappa shape index (κ1) is 17.7. The SMILES string of the molecule is COCCN(C(C)C)S(=O)(=O)c1ccc(C#CCO)cc1. The lowest BCUT2D eigenvalue weighted by molar-refractivity contribution is 0.171. The van der Waals surface area contributed by atoms with Crippen LogP contribution in [0.2, 0.25) is 0 Å². The predicted octanol–water partition coefficient (Wildman–Crippen LogP) is 1.08. The molecule has 1 aromatic rings. The minimum atomic E-state index is -3.55. The van der Waals surface area contributed by atoms with Crippen molar-refractivity contribution in [2.75, 3.05) is 26.9 Å². The molecule has 0 atom stereocenters. The number of benzene rings is 1. The highest BCUT2D eigenvalue weighted by molar-refractivity contribution is 7.89. The van der Waals surface area contributed by atoms with Crippen molar-refractivity contribution < 1.29 is 18.3 Å². The van der Waals surface area contributed by atoms with E-state index in [9.17, 15) is 8.42 Å². The van der Waals surface area contributed by atoms with Gasteiger partial charge in [-0.15, -0.1) is 0 Å². The second-order valence-electron chi connectivity index (χ2n) is 4.69. The van der Waals surface area contributed by atoms with Crippen LogP contribution in [0.4, 0.5) is 0 Å². The van der Waals surface area contributed by atoms with E-state index in [4.69, 9.17) is 9.84 Å². The van der Waals surface area contributed by atoms with Crippen LogP contribution in [0.5, 0.6) is 0 Å². The molecule has 0 saturated carbocycles. The van der Waals surface area contributed by atoms with Crippen LogP contribution in [0.1, 0.15) is 19.4 Å². The molecule has 116 valence electrons. The zero-order valence-corrected chi connectivity index (χ0v) is 13.4. The van der Waals surface area contributed by atoms with E-state index in [0.29, 0.717) is 18.7 Å². The molecule has 0 radical (unpaired) electrons. The first-order chi connectivity index (χ1) is 9.93. The van der Waals surface area contributed by atoms with Crippen LogP contribution in [0.3, 0.4) is 0 Å². The van der Waals surface area contributed by atoms with Crippen LogP contribution in [0.15, 0.2) is 29.2 Å². The molecule has 0 unspecified atom stereocenters. The second kappa shape index (κ2) is 8.15. The van der Waals surface area contributed by atoms with E-state index in [1.165, 1.54) is 16.4 Å². The van der Waals surface area contributed by atoms with Gasteiger partial charge in [0.05, 0.1) is 11.5 Å². The molecule has 0 aliphatic heterocycles. The van der Waals surface area contributed by atoms with Crippen molar-refractivity contribution in [2.45, 2.75) is 24.8 Å². The quantitative estimate of drug-likeness (QED) is 0.798. The zero-order chi connectivity index (χ0) is 15.9. The fraction of sp³-hybridized carbons (Fsp3) is 0.467. The summed E-state index contributed by atoms with van der Waals surface area (Å²) < 4.78 is 31.6. The Hall–Kier alpha value is -1.39. The molecule has 0 amide bonds. The van der Waals surface area contributed by atoms with E-state index in [1.807, 2.05) is 13.8 Å². The molecule has 1 aromatic carbocycles. The summed E-state index contributed by atoms with van der Waals surface area (Å²) in [6, 6.07) is 6.16. The summed E-state index contributed by atoms with van der Waals surface area (Å²) in [7, 11) is -2.01. The highest BCUT2D eigenvalue weighted by Gasteiger charge is 2.26. The summed E-state index contributed by atoms with van der Waals surface area (Å²) in [4.78, 5) is 0.224. The van der Waals surface area contributed by atoms with Gasteiger partial charge in [-0.1, -0.05) is 11.8 Å². The number of methoxy groups -OCH3 is 1. The van der Waals surface area contributed by atoms with Gasteiger partial charge in [0.15, 0.2) is 0 Å². The van der Waals surface area contributed by atoms with Crippen LogP contribution in [0.25, 0.3) is 0 Å². The molecule has 0 aliphatic carbocycles. The van der Waals surface area contributed by atoms with E-state index < -0.39 is 10.0 Å². The molecular weight excluding hydrogens is 290 g/mol. The normalized spacial score (nSPS) is 11.5. The second-order valence-corrected chi connectivity index (χ2v) is 6.58. The maximum absolute atomic E-state index is 12.6. The zero-order valence-electron chi connectivity index (χ0n) is 12.5. The van der Waals surface area contributed by atoms with Crippen molar-refractivity contribution in [1.82, 2.24) is 4.31 Å². The Balaban J connectivity index is 3.04. The van der Waals surface area contributed by atoms with Crippen molar-refractivity contribution >= 4 is 10.0 Å². The van der Waals surface area contributed by atoms with Crippen LogP contribution in [0, 0.1) is 11.8 Å². The van der Waals surface area contributed by atoms with Gasteiger partial charge in [0.1, 0.15) is 6.61 Å². The topological polar surface area (TPSA) is 66.8 Å². The molecule has 5 nitrogen and oxygen atoms in total. The number of aliphatic hydroxyl groups excluding tert-OH is 1. The van der Waals surface area contributed by atoms with Gasteiger partial charge in [0.2, 0.25) is 10.0 Å². The third-order valence-corrected chi connectivity index (χ3v) is 4.95. The van der Waals surface area contributed by atoms with Gasteiger partial charge < -0.3 is 9.84 Å². The molecule has 1 rings (SSSR count). The third-order valence-electron chi connectivity index (χ3n) is 2.86. The molecular formula is C15H21NO4S. The van der Waals surface area contributed by atoms with Gasteiger partial charge >= 0.3 is 0 Å². The van der Waals surface area contributed by atoms with Gasteiger partial charge in [-0.2, -0.15) is 4.31 Å². The van der Waals surface area contributed by atoms with E-state index in [2.05, 4.69) is 11.8 Å². The average molecular weight is 311 g/mol. The van der Waals surface area contributed by atoms with Crippen LogP contribution < -0.4 is 0 Å². The first-order valence-corrected chi connectivity index (χ1v) is 8.08. The predicted molar refractivity (Wildman–Crippen MR) is 81.3 cm³/mol. The van der Waals surface area contributed by atoms with Gasteiger partial charge in [-0.25, -0.2) is 8.42 Å². The molecule has 0 bridgehead atoms. The standard InChI is InChI=1S/C15H21NO4S/c1-13(2)16(10-12-20-3)21(18,19)15-8-6-14(7-9-15)5-4-11-17/h6-9,13,17H,10-12H2,1-3H3. The van der Waals surface area contributed by atoms with Crippen LogP contribution in [-0.4, -0.2) is 50.7 Å². The summed E-state index contributed by atoms with van der Waals surface area (Å²) in [5, 5.41) is 8.64. The van der Waals surface area contributed by atoms with E-state index in [-0.39, 0.29) is 17.5 Å². The van der Waals surface area contributed by atoms with Gasteiger partial charge in [-0.05, 0) is 38.1 Å². The summed E-state index contributed by atoms with van der Waals surface area (Å²) >= 11 is 0. The number of hydrogen-bond donors (Lipinski definition) is 1. The summed E-state index contributed by atoms with van der Waals surface area (Å²) in [6.07, 6.45) is 0. The smallest absolute Gasteiger partial charge is 0.243 e. The Bertz CT molecular complexity index is 597. The largest absolute Gasteiger partial charge is 0.384 e. The number of sulfonamides is 1. The average Bonchev–Trinajstić information content (AvgIpc) is 2.45. The Morgan fingerprint density at radius 1 is 1.29 bits per heavy atom. The van der Waals surface area contributed by atoms with E-state index in [1.54, 1.807) is 19.2 Å². The summed E-state index contributed by atoms with van der Waals surface area (Å²) in [5.41, 5.74) is 0.663. The van der Waals surface area contributed by atoms with Gasteiger partial charge in [0, 0.05) is 25.3 Å². The Morgan fingerprint density at radius 2 is 1.90 bits per heavy atom. The Labute approximate surface area is 126 Å². The van der Waals surface area contributed by atoms with Crippen molar-refractivity contribution in [1.29, 1.82) is 0 Å². The monoisotopic (exact) mass is 311 g/mol. The number of nitrogens with zero attached hydrogens (tertiary/aromatic N) is 1. The minimum Gasteiger partial charge on any atom is -0.384 e. The van der Waals surface area contributed by atoms with Crippen molar-refractivity contribution in [3.05, 3.63) is 29.8 Å². The maximum atomic E-state index is 12.6. The van der Waals surface area contributed by atoms with Gasteiger partial charge in [-0.3, -0.25) is 0 Å². The lowest BCUT2D eigenvalue weighted by atomic mass is 10.2. The van der Waals surface area contributed by atoms with Crippen molar-refractivity contribution in [3.8, 4) is 11.8 Å². The van der Waals surface area contributed by atoms with E-state index in [0.717, 1.165) is 0 Å². The number of rotatable bonds is 6. The van der Waals surface area contributed by atoms with Crippen molar-refractivity contribution in [2.24, 2.45) is 0 Å². The molecule has 0 saturated heterocycles. The molecule has 0 aromatic heterocycles. The summed E-state index contributed by atoms with van der Waals surface area (Å²) in [5.74, 6) is 5.25. The fourth-order valence-electron chi connectivity index (χ4n) is 1.82. The highest BCUT2D eigenvalue weighted by atomic mass is 32.2. The molecule has 0 heterocycles. The highest BCUT2D eigenvalue weighted by Crippen LogP contribution is 2.18. The van der Waals surface area contributed by atoms with Crippen molar-refractivity contribution in [3.63, 3.8) is 0 Å². The van der Waals surface area contributed by atoms with Crippen LogP contribution in [-0.2, 0) is 14.8 Å². The maximum Gasteiger partial charge on any atom is 0.243 e. The lowest BCUT2D eigenvalue weighted by Gasteiger charge is -2.25. The number of ether oxygens (including phenoxy) is 1. The molecule has 0 spiro atoms. The van der Waals surface area contributed by atoms with E-state index >= 15 is 0 Å². The Kier molecular flexibility index (Phi) is 6.85. The molecule has 6 heteroatoms. The first-order valence-electron chi connectivity index (χ1n) is 6.64. The number of aliphatic hydroxyl groups is 1.